The van der Waals surface area contributed by atoms with Gasteiger partial charge in [0.2, 0.25) is 0 Å². The van der Waals surface area contributed by atoms with Crippen molar-refractivity contribution in [3.63, 3.8) is 0 Å². The van der Waals surface area contributed by atoms with Crippen molar-refractivity contribution in [2.24, 2.45) is 5.92 Å². The normalized spacial score (nSPS) is 15.4. The van der Waals surface area contributed by atoms with Crippen molar-refractivity contribution in [1.29, 1.82) is 0 Å². The first-order valence-corrected chi connectivity index (χ1v) is 10.5. The van der Waals surface area contributed by atoms with Crippen molar-refractivity contribution in [3.8, 4) is 0 Å². The van der Waals surface area contributed by atoms with Crippen LogP contribution in [0.1, 0.15) is 59.1 Å². The van der Waals surface area contributed by atoms with Crippen molar-refractivity contribution in [2.75, 3.05) is 32.1 Å². The van der Waals surface area contributed by atoms with E-state index in [9.17, 15) is 9.59 Å². The summed E-state index contributed by atoms with van der Waals surface area (Å²) in [5.74, 6) is 0.475. The highest BCUT2D eigenvalue weighted by Crippen LogP contribution is 2.34. The van der Waals surface area contributed by atoms with Gasteiger partial charge in [-0.3, -0.25) is 9.59 Å². The number of carbonyl (C=O) groups is 2. The van der Waals surface area contributed by atoms with Gasteiger partial charge in [-0.1, -0.05) is 38.1 Å². The van der Waals surface area contributed by atoms with E-state index in [1.165, 1.54) is 0 Å². The Hall–Kier alpha value is -2.86. The summed E-state index contributed by atoms with van der Waals surface area (Å²) in [4.78, 5) is 27.2. The molecule has 6 nitrogen and oxygen atoms in total. The van der Waals surface area contributed by atoms with E-state index < -0.39 is 0 Å². The third-order valence-electron chi connectivity index (χ3n) is 5.24. The van der Waals surface area contributed by atoms with Crippen molar-refractivity contribution in [2.45, 2.75) is 32.9 Å². The summed E-state index contributed by atoms with van der Waals surface area (Å²) in [6.45, 7) is 6.12. The second-order valence-electron chi connectivity index (χ2n) is 8.00. The first kappa shape index (κ1) is 21.8. The molecule has 30 heavy (non-hydrogen) atoms. The topological polar surface area (TPSA) is 70.7 Å². The van der Waals surface area contributed by atoms with Crippen molar-refractivity contribution in [1.82, 2.24) is 10.2 Å². The monoisotopic (exact) mass is 409 g/mol. The van der Waals surface area contributed by atoms with Gasteiger partial charge in [0.1, 0.15) is 6.17 Å². The molecule has 2 amide bonds. The number of fused-ring (bicyclic) bond motifs is 1. The van der Waals surface area contributed by atoms with Gasteiger partial charge in [0.15, 0.2) is 0 Å². The average Bonchev–Trinajstić information content (AvgIpc) is 3.00. The number of benzene rings is 2. The molecule has 0 unspecified atom stereocenters. The fourth-order valence-corrected chi connectivity index (χ4v) is 3.62. The van der Waals surface area contributed by atoms with Gasteiger partial charge < -0.3 is 20.3 Å². The molecule has 0 aromatic heterocycles. The summed E-state index contributed by atoms with van der Waals surface area (Å²) < 4.78 is 5.15. The summed E-state index contributed by atoms with van der Waals surface area (Å²) >= 11 is 0. The van der Waals surface area contributed by atoms with E-state index in [1.54, 1.807) is 13.2 Å². The van der Waals surface area contributed by atoms with Crippen LogP contribution >= 0.6 is 0 Å². The average molecular weight is 410 g/mol. The van der Waals surface area contributed by atoms with Gasteiger partial charge in [-0.2, -0.15) is 0 Å². The molecule has 0 bridgehead atoms. The zero-order chi connectivity index (χ0) is 21.5. The molecule has 6 heteroatoms. The van der Waals surface area contributed by atoms with Crippen LogP contribution in [0, 0.1) is 5.92 Å². The Labute approximate surface area is 178 Å². The molecule has 2 aromatic rings. The Bertz CT molecular complexity index is 882. The van der Waals surface area contributed by atoms with Crippen LogP contribution in [-0.2, 0) is 4.74 Å². The van der Waals surface area contributed by atoms with Crippen molar-refractivity contribution >= 4 is 17.5 Å². The standard InChI is InChI=1S/C24H31N3O3/c1-17(2)12-13-25-23(28)18-8-6-9-19(16-18)26-22-20-10-4-5-11-21(20)24(29)27(22)14-7-15-30-3/h4-6,8-11,16-17,22,26H,7,12-15H2,1-3H3,(H,25,28)/t22-/m0/s1. The van der Waals surface area contributed by atoms with E-state index in [0.29, 0.717) is 31.2 Å². The predicted octanol–water partition coefficient (Wildman–Crippen LogP) is 4.07. The number of amides is 2. The largest absolute Gasteiger partial charge is 0.385 e. The smallest absolute Gasteiger partial charge is 0.256 e. The molecule has 1 aliphatic rings. The van der Waals surface area contributed by atoms with E-state index in [-0.39, 0.29) is 18.0 Å². The fraction of sp³-hybridized carbons (Fsp3) is 0.417. The van der Waals surface area contributed by atoms with Gasteiger partial charge in [-0.15, -0.1) is 0 Å². The van der Waals surface area contributed by atoms with Gasteiger partial charge in [0, 0.05) is 49.2 Å². The van der Waals surface area contributed by atoms with E-state index >= 15 is 0 Å². The van der Waals surface area contributed by atoms with Crippen molar-refractivity contribution < 1.29 is 14.3 Å². The first-order chi connectivity index (χ1) is 14.5. The minimum Gasteiger partial charge on any atom is -0.385 e. The number of rotatable bonds is 10. The highest BCUT2D eigenvalue weighted by Gasteiger charge is 2.36. The number of ether oxygens (including phenoxy) is 1. The first-order valence-electron chi connectivity index (χ1n) is 10.5. The molecule has 2 N–H and O–H groups in total. The maximum Gasteiger partial charge on any atom is 0.256 e. The molecule has 0 spiro atoms. The van der Waals surface area contributed by atoms with Crippen molar-refractivity contribution in [3.05, 3.63) is 65.2 Å². The maximum atomic E-state index is 12.9. The molecular weight excluding hydrogens is 378 g/mol. The molecule has 0 saturated heterocycles. The number of nitrogens with zero attached hydrogens (tertiary/aromatic N) is 1. The van der Waals surface area contributed by atoms with Crippen LogP contribution in [-0.4, -0.2) is 43.5 Å². The predicted molar refractivity (Wildman–Crippen MR) is 119 cm³/mol. The lowest BCUT2D eigenvalue weighted by atomic mass is 10.1. The van der Waals surface area contributed by atoms with Gasteiger partial charge in [0.05, 0.1) is 0 Å². The highest BCUT2D eigenvalue weighted by molar-refractivity contribution is 5.99. The van der Waals surface area contributed by atoms with Crippen LogP contribution in [0.15, 0.2) is 48.5 Å². The lowest BCUT2D eigenvalue weighted by Crippen LogP contribution is -2.33. The molecule has 0 radical (unpaired) electrons. The number of methoxy groups -OCH3 is 1. The lowest BCUT2D eigenvalue weighted by molar-refractivity contribution is 0.0721. The van der Waals surface area contributed by atoms with Gasteiger partial charge in [-0.25, -0.2) is 0 Å². The molecule has 0 aliphatic carbocycles. The third-order valence-corrected chi connectivity index (χ3v) is 5.24. The van der Waals surface area contributed by atoms with E-state index in [0.717, 1.165) is 29.7 Å². The fourth-order valence-electron chi connectivity index (χ4n) is 3.62. The maximum absolute atomic E-state index is 12.9. The Morgan fingerprint density at radius 2 is 1.97 bits per heavy atom. The molecule has 1 heterocycles. The van der Waals surface area contributed by atoms with Crippen LogP contribution < -0.4 is 10.6 Å². The molecule has 2 aromatic carbocycles. The Kier molecular flexibility index (Phi) is 7.46. The summed E-state index contributed by atoms with van der Waals surface area (Å²) in [6.07, 6.45) is 1.43. The SMILES string of the molecule is COCCCN1C(=O)c2ccccc2[C@H]1Nc1cccc(C(=O)NCCC(C)C)c1. The zero-order valence-electron chi connectivity index (χ0n) is 18.0. The van der Waals surface area contributed by atoms with Crippen LogP contribution in [0.4, 0.5) is 5.69 Å². The summed E-state index contributed by atoms with van der Waals surface area (Å²) in [5.41, 5.74) is 3.08. The second kappa shape index (κ2) is 10.3. The number of hydrogen-bond acceptors (Lipinski definition) is 4. The quantitative estimate of drug-likeness (QED) is 0.581. The Morgan fingerprint density at radius 3 is 2.73 bits per heavy atom. The number of hydrogen-bond donors (Lipinski definition) is 2. The van der Waals surface area contributed by atoms with E-state index in [1.807, 2.05) is 47.4 Å². The van der Waals surface area contributed by atoms with E-state index in [2.05, 4.69) is 24.5 Å². The van der Waals surface area contributed by atoms with Gasteiger partial charge in [-0.05, 0) is 43.0 Å². The molecular formula is C24H31N3O3. The van der Waals surface area contributed by atoms with E-state index in [4.69, 9.17) is 4.74 Å². The third kappa shape index (κ3) is 5.19. The molecule has 0 fully saturated rings. The highest BCUT2D eigenvalue weighted by atomic mass is 16.5. The summed E-state index contributed by atoms with van der Waals surface area (Å²) in [7, 11) is 1.66. The minimum atomic E-state index is -0.273. The van der Waals surface area contributed by atoms with Gasteiger partial charge in [0.25, 0.3) is 11.8 Å². The van der Waals surface area contributed by atoms with Crippen LogP contribution in [0.5, 0.6) is 0 Å². The minimum absolute atomic E-state index is 0.0155. The lowest BCUT2D eigenvalue weighted by Gasteiger charge is -2.27. The molecule has 160 valence electrons. The Morgan fingerprint density at radius 1 is 1.17 bits per heavy atom. The number of carbonyl (C=O) groups excluding carboxylic acids is 2. The molecule has 3 rings (SSSR count). The molecule has 0 saturated carbocycles. The number of anilines is 1. The van der Waals surface area contributed by atoms with Crippen LogP contribution in [0.25, 0.3) is 0 Å². The summed E-state index contributed by atoms with van der Waals surface area (Å²) in [6, 6.07) is 15.1. The Balaban J connectivity index is 1.76. The summed E-state index contributed by atoms with van der Waals surface area (Å²) in [5, 5.41) is 6.43. The zero-order valence-corrected chi connectivity index (χ0v) is 18.0. The molecule has 1 aliphatic heterocycles. The van der Waals surface area contributed by atoms with Crippen LogP contribution in [0.3, 0.4) is 0 Å². The van der Waals surface area contributed by atoms with Crippen LogP contribution in [0.2, 0.25) is 0 Å². The van der Waals surface area contributed by atoms with Gasteiger partial charge >= 0.3 is 0 Å². The second-order valence-corrected chi connectivity index (χ2v) is 8.00. The molecule has 1 atom stereocenters. The number of nitrogens with one attached hydrogen (secondary N) is 2.